The van der Waals surface area contributed by atoms with Crippen molar-refractivity contribution in [1.29, 1.82) is 0 Å². The zero-order chi connectivity index (χ0) is 36.6. The molecule has 55 heavy (non-hydrogen) atoms. The van der Waals surface area contributed by atoms with Crippen LogP contribution in [-0.4, -0.2) is 0 Å². The molecule has 10 aromatic carbocycles. The van der Waals surface area contributed by atoms with Gasteiger partial charge in [-0.1, -0.05) is 176 Å². The van der Waals surface area contributed by atoms with Crippen molar-refractivity contribution < 1.29 is 0 Å². The first kappa shape index (κ1) is 32.4. The maximum atomic E-state index is 2.46. The van der Waals surface area contributed by atoms with Crippen LogP contribution in [0.25, 0.3) is 76.8 Å². The van der Waals surface area contributed by atoms with Crippen LogP contribution in [0, 0.1) is 0 Å². The fourth-order valence-corrected chi connectivity index (χ4v) is 8.13. The van der Waals surface area contributed by atoms with Crippen molar-refractivity contribution in [3.8, 4) is 44.5 Å². The first-order chi connectivity index (χ1) is 27.3. The van der Waals surface area contributed by atoms with Gasteiger partial charge in [0, 0.05) is 16.9 Å². The number of anilines is 3. The van der Waals surface area contributed by atoms with Gasteiger partial charge in [-0.3, -0.25) is 0 Å². The molecule has 1 nitrogen and oxygen atoms in total. The molecule has 0 aliphatic carbocycles. The largest absolute Gasteiger partial charge is 0.310 e. The second-order valence-corrected chi connectivity index (χ2v) is 14.2. The minimum atomic E-state index is 1.09. The molecule has 0 bridgehead atoms. The molecular weight excluding hydrogens is 663 g/mol. The van der Waals surface area contributed by atoms with Crippen LogP contribution in [0.4, 0.5) is 17.1 Å². The summed E-state index contributed by atoms with van der Waals surface area (Å²) >= 11 is 0. The lowest BCUT2D eigenvalue weighted by molar-refractivity contribution is 1.28. The van der Waals surface area contributed by atoms with Crippen molar-refractivity contribution in [2.75, 3.05) is 4.90 Å². The van der Waals surface area contributed by atoms with Crippen LogP contribution in [0.15, 0.2) is 224 Å². The third-order valence-electron chi connectivity index (χ3n) is 10.8. The SMILES string of the molecule is c1ccc(-c2cc(-c3ccccc3)cc(N(c3cccc(-c4ccc5ccccc5c4)c3)c3ccccc3-c3cc4ccccc4c4ccccc34)c2)cc1. The summed E-state index contributed by atoms with van der Waals surface area (Å²) < 4.78 is 0. The molecule has 0 aromatic heterocycles. The van der Waals surface area contributed by atoms with Crippen LogP contribution < -0.4 is 4.90 Å². The summed E-state index contributed by atoms with van der Waals surface area (Å²) in [6, 6.07) is 81.7. The second-order valence-electron chi connectivity index (χ2n) is 14.2. The Bertz CT molecular complexity index is 2920. The quantitative estimate of drug-likeness (QED) is 0.150. The van der Waals surface area contributed by atoms with Gasteiger partial charge in [0.2, 0.25) is 0 Å². The van der Waals surface area contributed by atoms with Gasteiger partial charge in [-0.25, -0.2) is 0 Å². The maximum absolute atomic E-state index is 2.46. The van der Waals surface area contributed by atoms with Crippen molar-refractivity contribution in [3.05, 3.63) is 224 Å². The van der Waals surface area contributed by atoms with Crippen LogP contribution in [0.3, 0.4) is 0 Å². The third kappa shape index (κ3) is 6.12. The van der Waals surface area contributed by atoms with Crippen LogP contribution in [-0.2, 0) is 0 Å². The van der Waals surface area contributed by atoms with Crippen molar-refractivity contribution >= 4 is 49.4 Å². The highest BCUT2D eigenvalue weighted by atomic mass is 15.1. The Morgan fingerprint density at radius 2 is 0.782 bits per heavy atom. The number of para-hydroxylation sites is 1. The fourth-order valence-electron chi connectivity index (χ4n) is 8.13. The minimum Gasteiger partial charge on any atom is -0.310 e. The van der Waals surface area contributed by atoms with E-state index >= 15 is 0 Å². The molecule has 0 unspecified atom stereocenters. The summed E-state index contributed by atoms with van der Waals surface area (Å²) in [6.07, 6.45) is 0. The van der Waals surface area contributed by atoms with Crippen molar-refractivity contribution in [1.82, 2.24) is 0 Å². The standard InChI is InChI=1S/C54H37N/c1-3-16-38(17-4-1)45-33-46(39-18-5-2-6-19-39)36-48(35-45)55(47-24-15-23-42(34-47)43-31-30-40-20-7-8-21-41(40)32-43)54-29-14-13-28-52(54)53-37-44-22-9-10-25-49(44)50-26-11-12-27-51(50)53/h1-37H. The van der Waals surface area contributed by atoms with Gasteiger partial charge < -0.3 is 4.90 Å². The summed E-state index contributed by atoms with van der Waals surface area (Å²) in [4.78, 5) is 2.46. The third-order valence-corrected chi connectivity index (χ3v) is 10.8. The minimum absolute atomic E-state index is 1.09. The molecular formula is C54H37N. The van der Waals surface area contributed by atoms with Gasteiger partial charge >= 0.3 is 0 Å². The lowest BCUT2D eigenvalue weighted by Gasteiger charge is -2.30. The van der Waals surface area contributed by atoms with Crippen molar-refractivity contribution in [3.63, 3.8) is 0 Å². The molecule has 10 aromatic rings. The first-order valence-electron chi connectivity index (χ1n) is 18.9. The monoisotopic (exact) mass is 699 g/mol. The van der Waals surface area contributed by atoms with Crippen LogP contribution >= 0.6 is 0 Å². The smallest absolute Gasteiger partial charge is 0.0540 e. The van der Waals surface area contributed by atoms with E-state index in [2.05, 4.69) is 229 Å². The van der Waals surface area contributed by atoms with E-state index in [0.717, 1.165) is 17.1 Å². The highest BCUT2D eigenvalue weighted by Gasteiger charge is 2.21. The Balaban J connectivity index is 1.25. The van der Waals surface area contributed by atoms with E-state index in [4.69, 9.17) is 0 Å². The number of fused-ring (bicyclic) bond motifs is 4. The van der Waals surface area contributed by atoms with E-state index < -0.39 is 0 Å². The van der Waals surface area contributed by atoms with E-state index in [-0.39, 0.29) is 0 Å². The molecule has 1 heteroatoms. The van der Waals surface area contributed by atoms with E-state index in [0.29, 0.717) is 0 Å². The van der Waals surface area contributed by atoms with Crippen molar-refractivity contribution in [2.45, 2.75) is 0 Å². The molecule has 10 rings (SSSR count). The lowest BCUT2D eigenvalue weighted by Crippen LogP contribution is -2.12. The fraction of sp³-hybridized carbons (Fsp3) is 0. The van der Waals surface area contributed by atoms with E-state index in [1.54, 1.807) is 0 Å². The molecule has 0 heterocycles. The summed E-state index contributed by atoms with van der Waals surface area (Å²) in [5.41, 5.74) is 12.7. The zero-order valence-corrected chi connectivity index (χ0v) is 30.3. The Labute approximate surface area is 322 Å². The summed E-state index contributed by atoms with van der Waals surface area (Å²) in [6.45, 7) is 0. The van der Waals surface area contributed by atoms with Crippen LogP contribution in [0.1, 0.15) is 0 Å². The van der Waals surface area contributed by atoms with Gasteiger partial charge in [-0.05, 0) is 120 Å². The number of hydrogen-bond donors (Lipinski definition) is 0. The summed E-state index contributed by atoms with van der Waals surface area (Å²) in [5.74, 6) is 0. The molecule has 0 saturated carbocycles. The van der Waals surface area contributed by atoms with Gasteiger partial charge in [-0.2, -0.15) is 0 Å². The van der Waals surface area contributed by atoms with Gasteiger partial charge in [0.15, 0.2) is 0 Å². The molecule has 0 radical (unpaired) electrons. The molecule has 0 aliphatic heterocycles. The van der Waals surface area contributed by atoms with Crippen LogP contribution in [0.2, 0.25) is 0 Å². The van der Waals surface area contributed by atoms with Gasteiger partial charge in [-0.15, -0.1) is 0 Å². The average molecular weight is 700 g/mol. The zero-order valence-electron chi connectivity index (χ0n) is 30.3. The second kappa shape index (κ2) is 14.0. The molecule has 0 aliphatic rings. The molecule has 0 atom stereocenters. The van der Waals surface area contributed by atoms with Crippen molar-refractivity contribution in [2.24, 2.45) is 0 Å². The van der Waals surface area contributed by atoms with E-state index in [1.807, 2.05) is 0 Å². The normalized spacial score (nSPS) is 11.3. The van der Waals surface area contributed by atoms with Gasteiger partial charge in [0.1, 0.15) is 0 Å². The summed E-state index contributed by atoms with van der Waals surface area (Å²) in [7, 11) is 0. The Morgan fingerprint density at radius 3 is 1.53 bits per heavy atom. The maximum Gasteiger partial charge on any atom is 0.0540 e. The highest BCUT2D eigenvalue weighted by molar-refractivity contribution is 6.15. The number of nitrogens with zero attached hydrogens (tertiary/aromatic N) is 1. The number of hydrogen-bond acceptors (Lipinski definition) is 1. The van der Waals surface area contributed by atoms with E-state index in [9.17, 15) is 0 Å². The Morgan fingerprint density at radius 1 is 0.236 bits per heavy atom. The lowest BCUT2D eigenvalue weighted by atomic mass is 9.91. The topological polar surface area (TPSA) is 3.24 Å². The van der Waals surface area contributed by atoms with E-state index in [1.165, 1.54) is 76.8 Å². The molecule has 258 valence electrons. The van der Waals surface area contributed by atoms with Gasteiger partial charge in [0.25, 0.3) is 0 Å². The predicted molar refractivity (Wildman–Crippen MR) is 235 cm³/mol. The summed E-state index contributed by atoms with van der Waals surface area (Å²) in [5, 5.41) is 7.47. The number of benzene rings is 10. The number of rotatable bonds is 7. The first-order valence-corrected chi connectivity index (χ1v) is 18.9. The van der Waals surface area contributed by atoms with Crippen LogP contribution in [0.5, 0.6) is 0 Å². The molecule has 0 spiro atoms. The molecule has 0 saturated heterocycles. The average Bonchev–Trinajstić information content (AvgIpc) is 3.27. The Kier molecular flexibility index (Phi) is 8.24. The highest BCUT2D eigenvalue weighted by Crippen LogP contribution is 2.46. The predicted octanol–water partition coefficient (Wildman–Crippen LogP) is 15.3. The molecule has 0 N–H and O–H groups in total. The van der Waals surface area contributed by atoms with Gasteiger partial charge in [0.05, 0.1) is 5.69 Å². The molecule has 0 amide bonds. The Hall–Kier alpha value is -7.22. The molecule has 0 fully saturated rings.